The molecule has 0 N–H and O–H groups in total. The van der Waals surface area contributed by atoms with E-state index in [0.717, 1.165) is 118 Å². The molecule has 0 unspecified atom stereocenters. The van der Waals surface area contributed by atoms with Gasteiger partial charge in [0.1, 0.15) is 0 Å². The number of hydrogen-bond donors (Lipinski definition) is 0. The van der Waals surface area contributed by atoms with E-state index in [4.69, 9.17) is 0 Å². The van der Waals surface area contributed by atoms with Crippen molar-refractivity contribution in [3.8, 4) is 134 Å². The van der Waals surface area contributed by atoms with E-state index in [0.29, 0.717) is 0 Å². The van der Waals surface area contributed by atoms with Crippen molar-refractivity contribution >= 4 is 66.4 Å². The van der Waals surface area contributed by atoms with E-state index in [1.807, 2.05) is 0 Å². The Morgan fingerprint density at radius 3 is 0.914 bits per heavy atom. The first-order chi connectivity index (χ1) is 57.5. The minimum atomic E-state index is 1.06. The van der Waals surface area contributed by atoms with Gasteiger partial charge in [-0.25, -0.2) is 0 Å². The molecule has 20 rings (SSSR count). The van der Waals surface area contributed by atoms with E-state index < -0.39 is 0 Å². The standard InChI is InChI=1S/C114H78N2/c1-7-27-79(28-8-1)96-61-69-113(109(77-96)88-36-15-5-16-37-88)115(111-47-24-23-46-105(111)86-34-13-4-14-35-86)101-63-55-82(56-64-101)95-60-68-104(85-32-11-3-12-33-85)108(76-95)99-54-51-83-49-52-93(73-100(83)74-99)91-43-25-44-92(71-91)97-62-70-114(110(78-97)89-38-17-6-18-39-89)116(112-48-26-42-87-40-21-22-45-106(87)112)102-65-57-81(58-66-102)94-59-67-103(84-30-9-2-10-31-84)107(75-94)98-53-50-80-29-19-20-41-90(80)72-98/h1-78H. The monoisotopic (exact) mass is 1470 g/mol. The second kappa shape index (κ2) is 31.2. The first kappa shape index (κ1) is 69.9. The van der Waals surface area contributed by atoms with Gasteiger partial charge in [0.25, 0.3) is 0 Å². The molecule has 0 bridgehead atoms. The molecule has 116 heavy (non-hydrogen) atoms. The van der Waals surface area contributed by atoms with Gasteiger partial charge in [0.15, 0.2) is 0 Å². The van der Waals surface area contributed by atoms with Crippen molar-refractivity contribution in [1.29, 1.82) is 0 Å². The Morgan fingerprint density at radius 2 is 0.397 bits per heavy atom. The van der Waals surface area contributed by atoms with Crippen LogP contribution in [0, 0.1) is 0 Å². The summed E-state index contributed by atoms with van der Waals surface area (Å²) in [6.45, 7) is 0. The van der Waals surface area contributed by atoms with Gasteiger partial charge in [-0.1, -0.05) is 376 Å². The summed E-state index contributed by atoms with van der Waals surface area (Å²) in [5.74, 6) is 0. The quantitative estimate of drug-likeness (QED) is 0.0845. The molecule has 2 nitrogen and oxygen atoms in total. The van der Waals surface area contributed by atoms with E-state index in [-0.39, 0.29) is 0 Å². The number of nitrogens with zero attached hydrogens (tertiary/aromatic N) is 2. The van der Waals surface area contributed by atoms with Gasteiger partial charge in [-0.15, -0.1) is 0 Å². The Kier molecular flexibility index (Phi) is 18.8. The third-order valence-corrected chi connectivity index (χ3v) is 22.9. The molecule has 0 radical (unpaired) electrons. The lowest BCUT2D eigenvalue weighted by Crippen LogP contribution is -2.12. The van der Waals surface area contributed by atoms with Crippen LogP contribution in [-0.2, 0) is 0 Å². The Balaban J connectivity index is 0.647. The Labute approximate surface area is 678 Å². The van der Waals surface area contributed by atoms with Crippen molar-refractivity contribution in [3.63, 3.8) is 0 Å². The largest absolute Gasteiger partial charge is 0.309 e. The molecule has 2 heteroatoms. The molecular formula is C114H78N2. The van der Waals surface area contributed by atoms with Crippen molar-refractivity contribution in [2.45, 2.75) is 0 Å². The van der Waals surface area contributed by atoms with Crippen molar-refractivity contribution in [2.75, 3.05) is 9.80 Å². The Bertz CT molecular complexity index is 6960. The van der Waals surface area contributed by atoms with Crippen LogP contribution in [0.15, 0.2) is 473 Å². The molecular weight excluding hydrogens is 1400 g/mol. The van der Waals surface area contributed by atoms with E-state index in [1.165, 1.54) is 82.4 Å². The lowest BCUT2D eigenvalue weighted by Gasteiger charge is -2.30. The minimum Gasteiger partial charge on any atom is -0.309 e. The van der Waals surface area contributed by atoms with Gasteiger partial charge < -0.3 is 9.80 Å². The fourth-order valence-electron chi connectivity index (χ4n) is 17.0. The van der Waals surface area contributed by atoms with Gasteiger partial charge in [0.2, 0.25) is 0 Å². The zero-order valence-electron chi connectivity index (χ0n) is 63.9. The van der Waals surface area contributed by atoms with Crippen LogP contribution in [-0.4, -0.2) is 0 Å². The summed E-state index contributed by atoms with van der Waals surface area (Å²) in [7, 11) is 0. The number of para-hydroxylation sites is 1. The summed E-state index contributed by atoms with van der Waals surface area (Å²) in [5.41, 5.74) is 34.3. The molecule has 0 aliphatic heterocycles. The second-order valence-corrected chi connectivity index (χ2v) is 29.9. The van der Waals surface area contributed by atoms with Crippen LogP contribution < -0.4 is 9.80 Å². The van der Waals surface area contributed by atoms with Gasteiger partial charge in [-0.2, -0.15) is 0 Å². The third kappa shape index (κ3) is 13.9. The van der Waals surface area contributed by atoms with Crippen LogP contribution in [0.1, 0.15) is 0 Å². The van der Waals surface area contributed by atoms with Crippen LogP contribution in [0.4, 0.5) is 34.1 Å². The number of hydrogen-bond acceptors (Lipinski definition) is 2. The van der Waals surface area contributed by atoms with Gasteiger partial charge in [0, 0.05) is 33.5 Å². The molecule has 0 aromatic heterocycles. The van der Waals surface area contributed by atoms with Crippen LogP contribution >= 0.6 is 0 Å². The van der Waals surface area contributed by atoms with Crippen molar-refractivity contribution < 1.29 is 0 Å². The molecule has 544 valence electrons. The van der Waals surface area contributed by atoms with Gasteiger partial charge in [-0.3, -0.25) is 0 Å². The fourth-order valence-corrected chi connectivity index (χ4v) is 17.0. The summed E-state index contributed by atoms with van der Waals surface area (Å²) in [4.78, 5) is 4.91. The van der Waals surface area contributed by atoms with Gasteiger partial charge in [0.05, 0.1) is 22.7 Å². The van der Waals surface area contributed by atoms with Crippen LogP contribution in [0.2, 0.25) is 0 Å². The van der Waals surface area contributed by atoms with Gasteiger partial charge in [-0.05, 0) is 241 Å². The molecule has 20 aromatic carbocycles. The number of anilines is 6. The zero-order chi connectivity index (χ0) is 77.1. The number of rotatable bonds is 18. The molecule has 0 saturated carbocycles. The first-order valence-corrected chi connectivity index (χ1v) is 39.9. The van der Waals surface area contributed by atoms with E-state index in [2.05, 4.69) is 483 Å². The molecule has 0 amide bonds. The normalized spacial score (nSPS) is 11.3. The molecule has 0 atom stereocenters. The van der Waals surface area contributed by atoms with Crippen molar-refractivity contribution in [1.82, 2.24) is 0 Å². The predicted octanol–water partition coefficient (Wildman–Crippen LogP) is 32.1. The minimum absolute atomic E-state index is 1.06. The highest BCUT2D eigenvalue weighted by Gasteiger charge is 2.25. The van der Waals surface area contributed by atoms with Crippen LogP contribution in [0.25, 0.3) is 166 Å². The highest BCUT2D eigenvalue weighted by molar-refractivity contribution is 6.04. The summed E-state index contributed by atoms with van der Waals surface area (Å²) in [5, 5.41) is 7.16. The average Bonchev–Trinajstić information content (AvgIpc) is 0.749. The van der Waals surface area contributed by atoms with Crippen LogP contribution in [0.5, 0.6) is 0 Å². The van der Waals surface area contributed by atoms with E-state index >= 15 is 0 Å². The summed E-state index contributed by atoms with van der Waals surface area (Å²) >= 11 is 0. The smallest absolute Gasteiger partial charge is 0.0540 e. The van der Waals surface area contributed by atoms with Crippen molar-refractivity contribution in [2.24, 2.45) is 0 Å². The van der Waals surface area contributed by atoms with E-state index in [1.54, 1.807) is 0 Å². The maximum atomic E-state index is 2.46. The lowest BCUT2D eigenvalue weighted by molar-refractivity contribution is 1.28. The highest BCUT2D eigenvalue weighted by atomic mass is 15.2. The second-order valence-electron chi connectivity index (χ2n) is 29.9. The number of benzene rings is 20. The fraction of sp³-hybridized carbons (Fsp3) is 0. The SMILES string of the molecule is c1ccc(-c2ccc(N(c3ccc(-c4ccc(-c5ccccc5)c(-c5ccc6ccc(-c7cccc(-c8ccc(N(c9ccc(-c%10ccc(-c%11ccccc%11)c(-c%11ccc%12ccccc%12c%11)c%10)cc9)c9cccc%10ccccc9%10)c(-c9ccccc9)c8)c7)cc6c5)c4)cc3)c3ccccc3-c3ccccc3)c(-c3ccccc3)c2)cc1. The molecule has 20 aromatic rings. The maximum absolute atomic E-state index is 2.46. The Hall–Kier alpha value is -15.2. The molecule has 0 spiro atoms. The first-order valence-electron chi connectivity index (χ1n) is 39.9. The van der Waals surface area contributed by atoms with Crippen molar-refractivity contribution in [3.05, 3.63) is 473 Å². The average molecular weight is 1480 g/mol. The Morgan fingerprint density at radius 1 is 0.112 bits per heavy atom. The highest BCUT2D eigenvalue weighted by Crippen LogP contribution is 2.50. The summed E-state index contributed by atoms with van der Waals surface area (Å²) < 4.78 is 0. The maximum Gasteiger partial charge on any atom is 0.0540 e. The van der Waals surface area contributed by atoms with Crippen LogP contribution in [0.3, 0.4) is 0 Å². The van der Waals surface area contributed by atoms with E-state index in [9.17, 15) is 0 Å². The summed E-state index contributed by atoms with van der Waals surface area (Å²) in [6, 6.07) is 174. The lowest BCUT2D eigenvalue weighted by atomic mass is 9.89. The molecule has 0 saturated heterocycles. The topological polar surface area (TPSA) is 6.48 Å². The third-order valence-electron chi connectivity index (χ3n) is 22.9. The number of fused-ring (bicyclic) bond motifs is 3. The molecule has 0 aliphatic rings. The molecule has 0 heterocycles. The van der Waals surface area contributed by atoms with Gasteiger partial charge >= 0.3 is 0 Å². The molecule has 0 aliphatic carbocycles. The predicted molar refractivity (Wildman–Crippen MR) is 494 cm³/mol. The summed E-state index contributed by atoms with van der Waals surface area (Å²) in [6.07, 6.45) is 0. The molecule has 0 fully saturated rings. The zero-order valence-corrected chi connectivity index (χ0v) is 63.9.